The Balaban J connectivity index is 1.64. The van der Waals surface area contributed by atoms with Gasteiger partial charge in [-0.15, -0.1) is 0 Å². The Labute approximate surface area is 125 Å². The average molecular weight is 294 g/mol. The van der Waals surface area contributed by atoms with Gasteiger partial charge in [-0.1, -0.05) is 0 Å². The summed E-state index contributed by atoms with van der Waals surface area (Å²) < 4.78 is 25.5. The van der Waals surface area contributed by atoms with Crippen LogP contribution in [0, 0.1) is 5.82 Å². The lowest BCUT2D eigenvalue weighted by Gasteiger charge is -2.32. The Morgan fingerprint density at radius 1 is 1.24 bits per heavy atom. The van der Waals surface area contributed by atoms with Gasteiger partial charge in [-0.2, -0.15) is 0 Å². The molecule has 2 aliphatic rings. The molecule has 1 aromatic rings. The Hall–Kier alpha value is -1.33. The van der Waals surface area contributed by atoms with Crippen LogP contribution in [0.5, 0.6) is 5.75 Å². The van der Waals surface area contributed by atoms with Crippen LogP contribution in [0.15, 0.2) is 18.2 Å². The van der Waals surface area contributed by atoms with E-state index in [2.05, 4.69) is 4.90 Å². The summed E-state index contributed by atoms with van der Waals surface area (Å²) in [7, 11) is 0. The van der Waals surface area contributed by atoms with E-state index in [0.29, 0.717) is 18.0 Å². The molecule has 2 heterocycles. The molecule has 2 saturated heterocycles. The lowest BCUT2D eigenvalue weighted by Crippen LogP contribution is -2.40. The zero-order valence-corrected chi connectivity index (χ0v) is 12.3. The number of piperidine rings is 1. The van der Waals surface area contributed by atoms with E-state index < -0.39 is 0 Å². The second-order valence-electron chi connectivity index (χ2n) is 5.89. The molecule has 21 heavy (non-hydrogen) atoms. The fourth-order valence-electron chi connectivity index (χ4n) is 2.95. The molecule has 0 saturated carbocycles. The van der Waals surface area contributed by atoms with Crippen LogP contribution < -0.4 is 15.4 Å². The number of ether oxygens (including phenoxy) is 2. The summed E-state index contributed by atoms with van der Waals surface area (Å²) in [5.74, 6) is 0.361. The molecule has 5 heteroatoms. The van der Waals surface area contributed by atoms with Crippen LogP contribution in [0.2, 0.25) is 0 Å². The fourth-order valence-corrected chi connectivity index (χ4v) is 2.95. The van der Waals surface area contributed by atoms with Crippen LogP contribution in [-0.4, -0.2) is 38.4 Å². The molecule has 2 N–H and O–H groups in total. The van der Waals surface area contributed by atoms with Gasteiger partial charge in [0.05, 0.1) is 12.3 Å². The van der Waals surface area contributed by atoms with E-state index in [1.165, 1.54) is 6.07 Å². The Bertz CT molecular complexity index is 469. The monoisotopic (exact) mass is 294 g/mol. The van der Waals surface area contributed by atoms with Gasteiger partial charge in [-0.25, -0.2) is 4.39 Å². The van der Waals surface area contributed by atoms with E-state index >= 15 is 0 Å². The lowest BCUT2D eigenvalue weighted by atomic mass is 10.1. The number of nitrogens with zero attached hydrogens (tertiary/aromatic N) is 1. The van der Waals surface area contributed by atoms with Gasteiger partial charge in [0.2, 0.25) is 0 Å². The SMILES string of the molecule is NC1CCN(c2ccc(OC3CCCOC3)cc2F)CC1. The zero-order chi connectivity index (χ0) is 14.7. The molecule has 0 spiro atoms. The van der Waals surface area contributed by atoms with Gasteiger partial charge < -0.3 is 20.1 Å². The molecule has 0 radical (unpaired) electrons. The largest absolute Gasteiger partial charge is 0.488 e. The van der Waals surface area contributed by atoms with Crippen LogP contribution in [0.25, 0.3) is 0 Å². The van der Waals surface area contributed by atoms with Gasteiger partial charge in [-0.05, 0) is 37.8 Å². The minimum Gasteiger partial charge on any atom is -0.488 e. The first-order valence-electron chi connectivity index (χ1n) is 7.77. The van der Waals surface area contributed by atoms with Crippen molar-refractivity contribution in [1.82, 2.24) is 0 Å². The highest BCUT2D eigenvalue weighted by atomic mass is 19.1. The van der Waals surface area contributed by atoms with Gasteiger partial charge in [0.25, 0.3) is 0 Å². The molecule has 3 rings (SSSR count). The number of halogens is 1. The molecule has 1 aromatic carbocycles. The van der Waals surface area contributed by atoms with E-state index in [1.807, 2.05) is 12.1 Å². The number of rotatable bonds is 3. The molecule has 116 valence electrons. The molecular weight excluding hydrogens is 271 g/mol. The predicted octanol–water partition coefficient (Wildman–Crippen LogP) is 2.31. The molecule has 1 atom stereocenters. The third kappa shape index (κ3) is 3.66. The van der Waals surface area contributed by atoms with Gasteiger partial charge in [0.1, 0.15) is 17.7 Å². The Morgan fingerprint density at radius 2 is 2.05 bits per heavy atom. The Morgan fingerprint density at radius 3 is 2.71 bits per heavy atom. The number of hydrogen-bond donors (Lipinski definition) is 1. The van der Waals surface area contributed by atoms with Gasteiger partial charge in [0.15, 0.2) is 0 Å². The third-order valence-corrected chi connectivity index (χ3v) is 4.22. The highest BCUT2D eigenvalue weighted by Gasteiger charge is 2.20. The van der Waals surface area contributed by atoms with E-state index in [4.69, 9.17) is 15.2 Å². The van der Waals surface area contributed by atoms with Gasteiger partial charge in [-0.3, -0.25) is 0 Å². The van der Waals surface area contributed by atoms with Crippen molar-refractivity contribution < 1.29 is 13.9 Å². The molecular formula is C16H23FN2O2. The number of nitrogens with two attached hydrogens (primary N) is 1. The first-order chi connectivity index (χ1) is 10.2. The quantitative estimate of drug-likeness (QED) is 0.929. The van der Waals surface area contributed by atoms with E-state index in [9.17, 15) is 4.39 Å². The zero-order valence-electron chi connectivity index (χ0n) is 12.3. The molecule has 0 aromatic heterocycles. The Kier molecular flexibility index (Phi) is 4.60. The first kappa shape index (κ1) is 14.6. The van der Waals surface area contributed by atoms with Crippen molar-refractivity contribution in [1.29, 1.82) is 0 Å². The minimum atomic E-state index is -0.223. The second-order valence-corrected chi connectivity index (χ2v) is 5.89. The van der Waals surface area contributed by atoms with Crippen molar-refractivity contribution >= 4 is 5.69 Å². The van der Waals surface area contributed by atoms with Crippen molar-refractivity contribution in [2.45, 2.75) is 37.8 Å². The highest BCUT2D eigenvalue weighted by Crippen LogP contribution is 2.27. The predicted molar refractivity (Wildman–Crippen MR) is 80.3 cm³/mol. The van der Waals surface area contributed by atoms with Gasteiger partial charge in [0, 0.05) is 31.8 Å². The van der Waals surface area contributed by atoms with Crippen LogP contribution >= 0.6 is 0 Å². The fraction of sp³-hybridized carbons (Fsp3) is 0.625. The number of anilines is 1. The van der Waals surface area contributed by atoms with Crippen LogP contribution in [0.3, 0.4) is 0 Å². The summed E-state index contributed by atoms with van der Waals surface area (Å²) in [6.07, 6.45) is 3.83. The van der Waals surface area contributed by atoms with Crippen molar-refractivity contribution in [3.8, 4) is 5.75 Å². The topological polar surface area (TPSA) is 47.7 Å². The maximum Gasteiger partial charge on any atom is 0.150 e. The minimum absolute atomic E-state index is 0.0389. The van der Waals surface area contributed by atoms with Crippen molar-refractivity contribution in [2.24, 2.45) is 5.73 Å². The van der Waals surface area contributed by atoms with Crippen LogP contribution in [0.4, 0.5) is 10.1 Å². The van der Waals surface area contributed by atoms with Crippen molar-refractivity contribution in [2.75, 3.05) is 31.2 Å². The third-order valence-electron chi connectivity index (χ3n) is 4.22. The maximum absolute atomic E-state index is 14.3. The summed E-state index contributed by atoms with van der Waals surface area (Å²) in [6.45, 7) is 3.02. The van der Waals surface area contributed by atoms with E-state index in [-0.39, 0.29) is 18.0 Å². The van der Waals surface area contributed by atoms with Gasteiger partial charge >= 0.3 is 0 Å². The van der Waals surface area contributed by atoms with Crippen molar-refractivity contribution in [3.05, 3.63) is 24.0 Å². The molecule has 2 aliphatic heterocycles. The molecule has 0 aliphatic carbocycles. The van der Waals surface area contributed by atoms with Crippen LogP contribution in [-0.2, 0) is 4.74 Å². The second kappa shape index (κ2) is 6.62. The summed E-state index contributed by atoms with van der Waals surface area (Å²) >= 11 is 0. The lowest BCUT2D eigenvalue weighted by molar-refractivity contribution is 0.00732. The van der Waals surface area contributed by atoms with E-state index in [1.54, 1.807) is 0 Å². The first-order valence-corrected chi connectivity index (χ1v) is 7.77. The highest BCUT2D eigenvalue weighted by molar-refractivity contribution is 5.51. The molecule has 4 nitrogen and oxygen atoms in total. The molecule has 0 bridgehead atoms. The number of hydrogen-bond acceptors (Lipinski definition) is 4. The standard InChI is InChI=1S/C16H23FN2O2/c17-15-10-13(21-14-2-1-9-20-11-14)3-4-16(15)19-7-5-12(18)6-8-19/h3-4,10,12,14H,1-2,5-9,11,18H2. The molecule has 1 unspecified atom stereocenters. The van der Waals surface area contributed by atoms with Crippen molar-refractivity contribution in [3.63, 3.8) is 0 Å². The summed E-state index contributed by atoms with van der Waals surface area (Å²) in [5, 5.41) is 0. The smallest absolute Gasteiger partial charge is 0.150 e. The normalized spacial score (nSPS) is 24.1. The summed E-state index contributed by atoms with van der Waals surface area (Å²) in [4.78, 5) is 2.06. The van der Waals surface area contributed by atoms with Crippen LogP contribution in [0.1, 0.15) is 25.7 Å². The number of benzene rings is 1. The summed E-state index contributed by atoms with van der Waals surface area (Å²) in [6, 6.07) is 5.39. The van der Waals surface area contributed by atoms with E-state index in [0.717, 1.165) is 45.4 Å². The molecule has 0 amide bonds. The maximum atomic E-state index is 14.3. The molecule has 2 fully saturated rings. The average Bonchev–Trinajstić information content (AvgIpc) is 2.50. The summed E-state index contributed by atoms with van der Waals surface area (Å²) in [5.41, 5.74) is 6.54.